The van der Waals surface area contributed by atoms with Gasteiger partial charge in [-0.15, -0.1) is 25.3 Å². The van der Waals surface area contributed by atoms with Crippen molar-refractivity contribution >= 4 is 126 Å². The van der Waals surface area contributed by atoms with Crippen molar-refractivity contribution in [1.29, 1.82) is 0 Å². The molecule has 0 bridgehead atoms. The second-order valence-electron chi connectivity index (χ2n) is 17.1. The van der Waals surface area contributed by atoms with Crippen molar-refractivity contribution in [3.05, 3.63) is 59.7 Å². The van der Waals surface area contributed by atoms with Crippen LogP contribution in [-0.4, -0.2) is 143 Å². The molecule has 4 aromatic carbocycles. The van der Waals surface area contributed by atoms with Crippen LogP contribution in [0, 0.1) is 0 Å². The summed E-state index contributed by atoms with van der Waals surface area (Å²) >= 11 is 0. The molecule has 0 spiro atoms. The number of hydrogen-bond donors (Lipinski definition) is 4. The van der Waals surface area contributed by atoms with Crippen molar-refractivity contribution in [3.63, 3.8) is 0 Å². The molecule has 0 radical (unpaired) electrons. The Kier molecular flexibility index (Phi) is 20.5. The lowest BCUT2D eigenvalue weighted by Gasteiger charge is -2.23. The molecule has 0 saturated carbocycles. The summed E-state index contributed by atoms with van der Waals surface area (Å²) in [6, 6.07) is 11.1. The first-order chi connectivity index (χ1) is 33.6. The summed E-state index contributed by atoms with van der Waals surface area (Å²) in [6.45, 7) is 15.4. The number of fused-ring (bicyclic) bond motifs is 6. The molecule has 0 aromatic heterocycles. The van der Waals surface area contributed by atoms with Crippen molar-refractivity contribution in [2.75, 3.05) is 37.7 Å². The Morgan fingerprint density at radius 1 is 0.689 bits per heavy atom. The first kappa shape index (κ1) is 63.7. The third-order valence-electron chi connectivity index (χ3n) is 11.6. The smallest absolute Gasteiger partial charge is 0.425 e. The predicted molar refractivity (Wildman–Crippen MR) is 266 cm³/mol. The van der Waals surface area contributed by atoms with Gasteiger partial charge in [0, 0.05) is 65.7 Å². The lowest BCUT2D eigenvalue weighted by atomic mass is 9.80. The number of hydrogen-bond acceptors (Lipinski definition) is 21. The Morgan fingerprint density at radius 2 is 1.12 bits per heavy atom. The average Bonchev–Trinajstić information content (AvgIpc) is 3.82. The quantitative estimate of drug-likeness (QED) is 0.0897. The minimum atomic E-state index is -4.72. The highest BCUT2D eigenvalue weighted by Gasteiger charge is 2.45. The third-order valence-corrected chi connectivity index (χ3v) is 18.5. The fraction of sp³-hybridized carbons (Fsp3) is 0.450. The van der Waals surface area contributed by atoms with Gasteiger partial charge in [0.2, 0.25) is 25.7 Å². The van der Waals surface area contributed by atoms with Gasteiger partial charge in [0.05, 0.1) is 53.2 Å². The summed E-state index contributed by atoms with van der Waals surface area (Å²) in [5.41, 5.74) is 3.18. The van der Waals surface area contributed by atoms with Crippen LogP contribution in [0.3, 0.4) is 0 Å². The number of sulfonamides is 2. The van der Waals surface area contributed by atoms with Crippen molar-refractivity contribution < 1.29 is 98.2 Å². The fourth-order valence-electron chi connectivity index (χ4n) is 8.01. The Labute approximate surface area is 431 Å². The van der Waals surface area contributed by atoms with Crippen molar-refractivity contribution in [2.45, 2.75) is 98.6 Å². The Bertz CT molecular complexity index is 3840. The Hall–Kier alpha value is -4.56. The molecular weight excluding hydrogens is 1140 g/mol. The minimum Gasteiger partial charge on any atom is -0.748 e. The van der Waals surface area contributed by atoms with Crippen molar-refractivity contribution in [3.8, 4) is 0 Å². The van der Waals surface area contributed by atoms with Crippen LogP contribution in [0.25, 0.3) is 21.5 Å². The van der Waals surface area contributed by atoms with E-state index in [-0.39, 0.29) is 47.0 Å². The van der Waals surface area contributed by atoms with E-state index in [0.717, 1.165) is 29.1 Å². The molecule has 0 aliphatic carbocycles. The van der Waals surface area contributed by atoms with Gasteiger partial charge in [0.25, 0.3) is 30.4 Å². The molecule has 0 unspecified atom stereocenters. The zero-order valence-electron chi connectivity index (χ0n) is 40.5. The molecule has 3 heterocycles. The number of nitrogens with one attached hydrogen (secondary N) is 2. The van der Waals surface area contributed by atoms with E-state index in [1.54, 1.807) is 38.1 Å². The standard InChI is InChI=1S/C20H26N2O8S3.C17H20N2O5S2.C3H6O3S.2O3S/c1-5-21-32(26,27)18-12-14(33(28,29)30)11-16-15(18)7-8-17-19(16)20(3,4)13(2)22(17)9-6-10-31(23,24)25;1-5-18-25(20,21)15-9-11(26(22,23)24)8-13-12(15)6-7-14-16(13)17(3,4)10(2)19-14;4-7(5)3-1-2-6-7;2*1-4(2)3/h7-8,11-12,21H,5-6,9-10H2,1-4H3,(H-,23,24,25,28,29,30);6-9,18H,5H2,1-4H3,(H,22,23,24);1-3H2;;. The summed E-state index contributed by atoms with van der Waals surface area (Å²) in [6.07, 6.45) is 0.740. The molecule has 0 amide bonds. The SMILES string of the molecule is CCNS(=O)(=O)c1cc(S(=O)(=O)O)cc2c3c(ccc12)N=C(C)C3(C)C.CCNS(=O)(=O)c1cc(S(=O)(=O)O)cc2c3c(ccc12)[N+](CCCS(=O)(=O)[O-])=C(C)C3(C)C.O=S(=O)=O.O=S(=O)=O.O=S1(=O)CCCO1. The van der Waals surface area contributed by atoms with Gasteiger partial charge in [-0.3, -0.25) is 18.3 Å². The van der Waals surface area contributed by atoms with Crippen LogP contribution >= 0.6 is 0 Å². The van der Waals surface area contributed by atoms with Gasteiger partial charge < -0.3 is 4.55 Å². The highest BCUT2D eigenvalue weighted by Crippen LogP contribution is 2.47. The van der Waals surface area contributed by atoms with E-state index >= 15 is 0 Å². The molecule has 412 valence electrons. The molecule has 7 rings (SSSR count). The summed E-state index contributed by atoms with van der Waals surface area (Å²) in [5, 5.41) is 1.45. The summed E-state index contributed by atoms with van der Waals surface area (Å²) in [4.78, 5) is 3.04. The lowest BCUT2D eigenvalue weighted by molar-refractivity contribution is -0.438. The lowest BCUT2D eigenvalue weighted by Crippen LogP contribution is -2.27. The highest BCUT2D eigenvalue weighted by atomic mass is 32.2. The van der Waals surface area contributed by atoms with Gasteiger partial charge in [0.1, 0.15) is 6.54 Å². The van der Waals surface area contributed by atoms with E-state index in [2.05, 4.69) is 18.6 Å². The van der Waals surface area contributed by atoms with Crippen LogP contribution in [0.2, 0.25) is 0 Å². The molecule has 4 N–H and O–H groups in total. The molecule has 1 saturated heterocycles. The van der Waals surface area contributed by atoms with Crippen LogP contribution in [0.1, 0.15) is 79.4 Å². The van der Waals surface area contributed by atoms with Crippen LogP contribution in [0.4, 0.5) is 11.4 Å². The molecule has 3 aliphatic rings. The monoisotopic (exact) mass is 1200 g/mol. The molecule has 3 aliphatic heterocycles. The second kappa shape index (κ2) is 23.8. The third kappa shape index (κ3) is 15.8. The van der Waals surface area contributed by atoms with E-state index in [1.807, 2.05) is 46.1 Å². The number of aliphatic imine (C=N–C) groups is 1. The van der Waals surface area contributed by atoms with Gasteiger partial charge in [-0.2, -0.15) is 29.8 Å². The summed E-state index contributed by atoms with van der Waals surface area (Å²) in [5.74, 6) is -0.328. The summed E-state index contributed by atoms with van der Waals surface area (Å²) in [7, 11) is -31.0. The first-order valence-corrected chi connectivity index (χ1v) is 32.3. The van der Waals surface area contributed by atoms with E-state index in [9.17, 15) is 64.2 Å². The van der Waals surface area contributed by atoms with E-state index < -0.39 is 108 Å². The normalized spacial score (nSPS) is 16.4. The van der Waals surface area contributed by atoms with Crippen LogP contribution < -0.4 is 9.44 Å². The topological polar surface area (TPSA) is 419 Å². The maximum absolute atomic E-state index is 12.9. The largest absolute Gasteiger partial charge is 0.748 e. The molecule has 74 heavy (non-hydrogen) atoms. The first-order valence-electron chi connectivity index (χ1n) is 21.3. The van der Waals surface area contributed by atoms with Gasteiger partial charge in [-0.1, -0.05) is 33.8 Å². The summed E-state index contributed by atoms with van der Waals surface area (Å²) < 4.78 is 233. The molecule has 1 fully saturated rings. The van der Waals surface area contributed by atoms with Gasteiger partial charge in [-0.05, 0) is 79.9 Å². The number of nitrogens with zero attached hydrogens (tertiary/aromatic N) is 2. The predicted octanol–water partition coefficient (Wildman–Crippen LogP) is 2.21. The van der Waals surface area contributed by atoms with Crippen molar-refractivity contribution in [1.82, 2.24) is 9.44 Å². The molecule has 26 nitrogen and oxygen atoms in total. The zero-order chi connectivity index (χ0) is 57.0. The van der Waals surface area contributed by atoms with Gasteiger partial charge >= 0.3 is 21.2 Å². The van der Waals surface area contributed by atoms with Crippen LogP contribution in [0.5, 0.6) is 0 Å². The minimum absolute atomic E-state index is 0.0830. The van der Waals surface area contributed by atoms with E-state index in [1.165, 1.54) is 12.1 Å². The molecule has 0 atom stereocenters. The van der Waals surface area contributed by atoms with Crippen molar-refractivity contribution in [2.24, 2.45) is 4.99 Å². The maximum Gasteiger partial charge on any atom is 0.425 e. The fourth-order valence-corrected chi connectivity index (χ4v) is 13.2. The maximum atomic E-state index is 12.9. The van der Waals surface area contributed by atoms with E-state index in [4.69, 9.17) is 25.3 Å². The second-order valence-corrected chi connectivity index (χ2v) is 27.5. The number of rotatable bonds is 12. The van der Waals surface area contributed by atoms with Crippen LogP contribution in [0.15, 0.2) is 73.1 Å². The highest BCUT2D eigenvalue weighted by molar-refractivity contribution is 7.90. The molecule has 4 aromatic rings. The van der Waals surface area contributed by atoms with E-state index in [0.29, 0.717) is 46.1 Å². The van der Waals surface area contributed by atoms with Gasteiger partial charge in [0.15, 0.2) is 5.71 Å². The van der Waals surface area contributed by atoms with Gasteiger partial charge in [-0.25, -0.2) is 34.7 Å². The molecule has 34 heteroatoms. The zero-order valence-corrected chi connectivity index (χ0v) is 47.0. The Morgan fingerprint density at radius 3 is 1.49 bits per heavy atom. The average molecular weight is 1200 g/mol. The molecular formula is C40H52N4O22S8. The van der Waals surface area contributed by atoms with Crippen LogP contribution in [-0.2, 0) is 96.7 Å². The Balaban J connectivity index is 0.000000309. The number of benzene rings is 4.